The van der Waals surface area contributed by atoms with Crippen LogP contribution in [0.1, 0.15) is 36.5 Å². The van der Waals surface area contributed by atoms with Gasteiger partial charge in [0.15, 0.2) is 12.4 Å². The summed E-state index contributed by atoms with van der Waals surface area (Å²) in [5.41, 5.74) is -0.177. The van der Waals surface area contributed by atoms with Gasteiger partial charge in [-0.15, -0.1) is 0 Å². The van der Waals surface area contributed by atoms with Crippen LogP contribution < -0.4 is 4.74 Å². The summed E-state index contributed by atoms with van der Waals surface area (Å²) in [6, 6.07) is 3.46. The van der Waals surface area contributed by atoms with Crippen LogP contribution >= 0.6 is 0 Å². The summed E-state index contributed by atoms with van der Waals surface area (Å²) in [5.74, 6) is -1.25. The number of aliphatic carboxylic acids is 1. The van der Waals surface area contributed by atoms with Gasteiger partial charge in [0, 0.05) is 6.07 Å². The molecule has 1 unspecified atom stereocenters. The molecule has 7 nitrogen and oxygen atoms in total. The number of aldehydes is 1. The second kappa shape index (κ2) is 7.22. The Morgan fingerprint density at radius 2 is 2.25 bits per heavy atom. The lowest BCUT2D eigenvalue weighted by Crippen LogP contribution is -2.27. The highest BCUT2D eigenvalue weighted by Gasteiger charge is 2.21. The van der Waals surface area contributed by atoms with Crippen LogP contribution in [0.3, 0.4) is 0 Å². The van der Waals surface area contributed by atoms with Crippen molar-refractivity contribution in [3.05, 3.63) is 33.9 Å². The van der Waals surface area contributed by atoms with Crippen LogP contribution in [0.4, 0.5) is 5.69 Å². The van der Waals surface area contributed by atoms with Gasteiger partial charge in [-0.2, -0.15) is 0 Å². The Hall–Kier alpha value is -2.44. The molecule has 1 atom stereocenters. The van der Waals surface area contributed by atoms with E-state index in [1.807, 2.05) is 6.92 Å². The number of hydrogen-bond donors (Lipinski definition) is 1. The number of carbonyl (C=O) groups excluding carboxylic acids is 1. The molecule has 0 spiro atoms. The first-order chi connectivity index (χ1) is 9.49. The molecule has 0 heterocycles. The van der Waals surface area contributed by atoms with Gasteiger partial charge in [-0.05, 0) is 18.9 Å². The number of unbranched alkanes of at least 4 members (excludes halogenated alkanes) is 1. The molecule has 108 valence electrons. The zero-order valence-corrected chi connectivity index (χ0v) is 10.9. The van der Waals surface area contributed by atoms with Crippen molar-refractivity contribution in [1.29, 1.82) is 0 Å². The first-order valence-electron chi connectivity index (χ1n) is 6.12. The van der Waals surface area contributed by atoms with E-state index in [0.717, 1.165) is 12.5 Å². The quantitative estimate of drug-likeness (QED) is 0.445. The van der Waals surface area contributed by atoms with E-state index in [4.69, 9.17) is 9.84 Å². The third kappa shape index (κ3) is 4.04. The van der Waals surface area contributed by atoms with Crippen LogP contribution in [0.5, 0.6) is 5.75 Å². The van der Waals surface area contributed by atoms with Crippen molar-refractivity contribution in [3.8, 4) is 5.75 Å². The predicted molar refractivity (Wildman–Crippen MR) is 70.1 cm³/mol. The highest BCUT2D eigenvalue weighted by molar-refractivity contribution is 5.81. The molecule has 1 rings (SSSR count). The zero-order valence-electron chi connectivity index (χ0n) is 10.9. The molecule has 1 N–H and O–H groups in total. The van der Waals surface area contributed by atoms with Gasteiger partial charge in [-0.1, -0.05) is 13.3 Å². The van der Waals surface area contributed by atoms with Gasteiger partial charge in [-0.25, -0.2) is 4.79 Å². The minimum Gasteiger partial charge on any atom is -0.479 e. The summed E-state index contributed by atoms with van der Waals surface area (Å²) >= 11 is 0. The Balaban J connectivity index is 3.02. The fourth-order valence-corrected chi connectivity index (χ4v) is 1.61. The van der Waals surface area contributed by atoms with Crippen molar-refractivity contribution < 1.29 is 24.4 Å². The van der Waals surface area contributed by atoms with E-state index in [9.17, 15) is 19.7 Å². The maximum atomic E-state index is 11.1. The second-order valence-corrected chi connectivity index (χ2v) is 4.18. The van der Waals surface area contributed by atoms with E-state index in [1.54, 1.807) is 0 Å². The summed E-state index contributed by atoms with van der Waals surface area (Å²) in [5, 5.41) is 19.7. The summed E-state index contributed by atoms with van der Waals surface area (Å²) in [4.78, 5) is 32.0. The van der Waals surface area contributed by atoms with E-state index >= 15 is 0 Å². The van der Waals surface area contributed by atoms with Crippen LogP contribution in [-0.2, 0) is 4.79 Å². The molecule has 0 aliphatic rings. The van der Waals surface area contributed by atoms with Gasteiger partial charge in [0.2, 0.25) is 0 Å². The van der Waals surface area contributed by atoms with Crippen LogP contribution in [0.25, 0.3) is 0 Å². The first-order valence-corrected chi connectivity index (χ1v) is 6.12. The van der Waals surface area contributed by atoms with Crippen molar-refractivity contribution in [2.75, 3.05) is 0 Å². The number of carbonyl (C=O) groups is 2. The Morgan fingerprint density at radius 1 is 1.55 bits per heavy atom. The van der Waals surface area contributed by atoms with Crippen LogP contribution in [0.15, 0.2) is 18.2 Å². The highest BCUT2D eigenvalue weighted by Crippen LogP contribution is 2.25. The molecular formula is C13H15NO6. The summed E-state index contributed by atoms with van der Waals surface area (Å²) in [7, 11) is 0. The van der Waals surface area contributed by atoms with E-state index in [2.05, 4.69) is 0 Å². The number of nitro groups is 1. The molecule has 0 aliphatic heterocycles. The van der Waals surface area contributed by atoms with Crippen LogP contribution in [0.2, 0.25) is 0 Å². The Labute approximate surface area is 115 Å². The molecule has 0 saturated carbocycles. The number of hydrogen-bond acceptors (Lipinski definition) is 5. The van der Waals surface area contributed by atoms with Gasteiger partial charge in [0.1, 0.15) is 5.75 Å². The molecule has 0 aliphatic carbocycles. The fourth-order valence-electron chi connectivity index (χ4n) is 1.61. The Kier molecular flexibility index (Phi) is 5.64. The van der Waals surface area contributed by atoms with Crippen molar-refractivity contribution >= 4 is 17.9 Å². The maximum absolute atomic E-state index is 11.1. The standard InChI is InChI=1S/C13H15NO6/c1-2-3-4-11(13(16)17)20-12-7-10(14(18)19)6-5-9(12)8-15/h5-8,11H,2-4H2,1H3,(H,16,17). The first kappa shape index (κ1) is 15.6. The monoisotopic (exact) mass is 281 g/mol. The van der Waals surface area contributed by atoms with Crippen molar-refractivity contribution in [1.82, 2.24) is 0 Å². The number of non-ortho nitro benzene ring substituents is 1. The normalized spacial score (nSPS) is 11.7. The number of ether oxygens (including phenoxy) is 1. The van der Waals surface area contributed by atoms with Gasteiger partial charge in [0.05, 0.1) is 16.6 Å². The van der Waals surface area contributed by atoms with Crippen LogP contribution in [0, 0.1) is 10.1 Å². The van der Waals surface area contributed by atoms with Crippen molar-refractivity contribution in [2.45, 2.75) is 32.3 Å². The zero-order chi connectivity index (χ0) is 15.1. The largest absolute Gasteiger partial charge is 0.479 e. The van der Waals surface area contributed by atoms with E-state index in [1.165, 1.54) is 12.1 Å². The minimum absolute atomic E-state index is 0.0818. The fraction of sp³-hybridized carbons (Fsp3) is 0.385. The molecule has 1 aromatic carbocycles. The Bertz CT molecular complexity index is 514. The topological polar surface area (TPSA) is 107 Å². The molecule has 7 heteroatoms. The summed E-state index contributed by atoms with van der Waals surface area (Å²) in [6.45, 7) is 1.91. The van der Waals surface area contributed by atoms with Crippen molar-refractivity contribution in [3.63, 3.8) is 0 Å². The van der Waals surface area contributed by atoms with E-state index in [-0.39, 0.29) is 23.4 Å². The number of carboxylic acids is 1. The van der Waals surface area contributed by atoms with Gasteiger partial charge < -0.3 is 9.84 Å². The third-order valence-electron chi connectivity index (χ3n) is 2.70. The molecule has 0 fully saturated rings. The number of carboxylic acid groups (broad SMARTS) is 1. The maximum Gasteiger partial charge on any atom is 0.344 e. The molecular weight excluding hydrogens is 266 g/mol. The van der Waals surface area contributed by atoms with E-state index in [0.29, 0.717) is 12.7 Å². The average molecular weight is 281 g/mol. The van der Waals surface area contributed by atoms with Crippen molar-refractivity contribution in [2.24, 2.45) is 0 Å². The second-order valence-electron chi connectivity index (χ2n) is 4.18. The number of rotatable bonds is 8. The lowest BCUT2D eigenvalue weighted by Gasteiger charge is -2.15. The molecule has 20 heavy (non-hydrogen) atoms. The van der Waals surface area contributed by atoms with Gasteiger partial charge in [-0.3, -0.25) is 14.9 Å². The van der Waals surface area contributed by atoms with Gasteiger partial charge in [0.25, 0.3) is 5.69 Å². The van der Waals surface area contributed by atoms with Crippen LogP contribution in [-0.4, -0.2) is 28.4 Å². The average Bonchev–Trinajstić information content (AvgIpc) is 2.42. The van der Waals surface area contributed by atoms with E-state index < -0.39 is 17.0 Å². The number of nitro benzene ring substituents is 1. The number of benzene rings is 1. The smallest absolute Gasteiger partial charge is 0.344 e. The predicted octanol–water partition coefficient (Wildman–Crippen LogP) is 2.43. The summed E-state index contributed by atoms with van der Waals surface area (Å²) < 4.78 is 5.26. The molecule has 0 saturated heterocycles. The lowest BCUT2D eigenvalue weighted by molar-refractivity contribution is -0.385. The molecule has 0 aromatic heterocycles. The molecule has 0 radical (unpaired) electrons. The molecule has 0 amide bonds. The van der Waals surface area contributed by atoms with Gasteiger partial charge >= 0.3 is 5.97 Å². The minimum atomic E-state index is -1.16. The lowest BCUT2D eigenvalue weighted by atomic mass is 10.1. The number of nitrogens with zero attached hydrogens (tertiary/aromatic N) is 1. The Morgan fingerprint density at radius 3 is 2.75 bits per heavy atom. The third-order valence-corrected chi connectivity index (χ3v) is 2.70. The summed E-state index contributed by atoms with van der Waals surface area (Å²) in [6.07, 6.45) is 1.05. The molecule has 0 bridgehead atoms. The highest BCUT2D eigenvalue weighted by atomic mass is 16.6. The SMILES string of the molecule is CCCCC(Oc1cc([N+](=O)[O-])ccc1C=O)C(=O)O. The molecule has 1 aromatic rings.